The van der Waals surface area contributed by atoms with E-state index in [-0.39, 0.29) is 17.4 Å². The average Bonchev–Trinajstić information content (AvgIpc) is 2.63. The van der Waals surface area contributed by atoms with Crippen molar-refractivity contribution in [1.29, 1.82) is 0 Å². The Balaban J connectivity index is 0.000000527. The Morgan fingerprint density at radius 1 is 0.926 bits per heavy atom. The molecule has 0 fully saturated rings. The van der Waals surface area contributed by atoms with Crippen LogP contribution in [0, 0.1) is 0 Å². The van der Waals surface area contributed by atoms with Crippen LogP contribution in [0.2, 0.25) is 0 Å². The number of carbonyl (C=O) groups is 2. The molecule has 0 aliphatic heterocycles. The molecule has 0 saturated carbocycles. The fourth-order valence-electron chi connectivity index (χ4n) is 2.02. The van der Waals surface area contributed by atoms with Crippen LogP contribution in [0.25, 0.3) is 0 Å². The van der Waals surface area contributed by atoms with Gasteiger partial charge in [-0.3, -0.25) is 9.59 Å². The van der Waals surface area contributed by atoms with Crippen molar-refractivity contribution in [2.24, 2.45) is 5.73 Å². The lowest BCUT2D eigenvalue weighted by Gasteiger charge is -2.06. The van der Waals surface area contributed by atoms with Gasteiger partial charge < -0.3 is 21.3 Å². The number of carbonyl (C=O) groups excluding carboxylic acids is 2. The fraction of sp³-hybridized carbons (Fsp3) is 0.238. The largest absolute Gasteiger partial charge is 0.508 e. The van der Waals surface area contributed by atoms with Gasteiger partial charge in [-0.25, -0.2) is 0 Å². The zero-order valence-corrected chi connectivity index (χ0v) is 15.4. The first-order chi connectivity index (χ1) is 12.8. The number of amides is 2. The van der Waals surface area contributed by atoms with Crippen LogP contribution in [-0.2, 0) is 22.4 Å². The smallest absolute Gasteiger partial charge is 0.243 e. The van der Waals surface area contributed by atoms with E-state index >= 15 is 0 Å². The van der Waals surface area contributed by atoms with E-state index < -0.39 is 5.91 Å². The number of hydrogen-bond acceptors (Lipinski definition) is 4. The van der Waals surface area contributed by atoms with E-state index in [1.165, 1.54) is 0 Å². The molecule has 2 amide bonds. The second-order valence-corrected chi connectivity index (χ2v) is 6.08. The fourth-order valence-corrected chi connectivity index (χ4v) is 2.02. The molecule has 6 nitrogen and oxygen atoms in total. The predicted molar refractivity (Wildman–Crippen MR) is 105 cm³/mol. The highest BCUT2D eigenvalue weighted by atomic mass is 16.3. The van der Waals surface area contributed by atoms with Crippen molar-refractivity contribution >= 4 is 11.8 Å². The van der Waals surface area contributed by atoms with E-state index in [2.05, 4.69) is 11.9 Å². The molecule has 0 atom stereocenters. The Hall–Kier alpha value is -3.28. The van der Waals surface area contributed by atoms with Gasteiger partial charge in [-0.15, -0.1) is 0 Å². The summed E-state index contributed by atoms with van der Waals surface area (Å²) in [4.78, 5) is 21.5. The number of nitrogens with two attached hydrogens (primary N) is 1. The standard InChI is InChI=1S/C17H19NO3.C4H7NO/c19-15-6-1-13(2-7-15)5-10-17(21)18-12-11-14-3-8-16(20)9-4-14;1-3(2)4(5)6/h1-4,6-9,19-20H,5,10-12H2,(H,18,21);1H2,2H3,(H2,5,6). The maximum absolute atomic E-state index is 11.7. The number of phenols is 2. The molecule has 2 aromatic rings. The minimum Gasteiger partial charge on any atom is -0.508 e. The Morgan fingerprint density at radius 3 is 1.74 bits per heavy atom. The number of aromatic hydroxyl groups is 2. The SMILES string of the molecule is C=C(C)C(N)=O.O=C(CCc1ccc(O)cc1)NCCc1ccc(O)cc1. The predicted octanol–water partition coefficient (Wildman–Crippen LogP) is 2.44. The number of phenolic OH excluding ortho intramolecular Hbond substituents is 2. The Kier molecular flexibility index (Phi) is 9.15. The molecule has 0 heterocycles. The van der Waals surface area contributed by atoms with E-state index in [1.807, 2.05) is 24.3 Å². The van der Waals surface area contributed by atoms with Crippen LogP contribution in [0.1, 0.15) is 24.5 Å². The molecule has 0 saturated heterocycles. The van der Waals surface area contributed by atoms with Crippen molar-refractivity contribution in [3.8, 4) is 11.5 Å². The van der Waals surface area contributed by atoms with Crippen molar-refractivity contribution in [2.75, 3.05) is 6.54 Å². The molecule has 2 rings (SSSR count). The molecule has 144 valence electrons. The van der Waals surface area contributed by atoms with Crippen molar-refractivity contribution in [2.45, 2.75) is 26.2 Å². The lowest BCUT2D eigenvalue weighted by molar-refractivity contribution is -0.121. The summed E-state index contributed by atoms with van der Waals surface area (Å²) in [6, 6.07) is 13.9. The Bertz CT molecular complexity index is 741. The van der Waals surface area contributed by atoms with E-state index in [4.69, 9.17) is 5.73 Å². The number of aryl methyl sites for hydroxylation is 1. The molecule has 0 aromatic heterocycles. The van der Waals surface area contributed by atoms with Crippen molar-refractivity contribution in [3.05, 3.63) is 71.8 Å². The molecular weight excluding hydrogens is 344 g/mol. The first-order valence-electron chi connectivity index (χ1n) is 8.55. The monoisotopic (exact) mass is 370 g/mol. The van der Waals surface area contributed by atoms with Gasteiger partial charge in [0.05, 0.1) is 0 Å². The molecule has 0 aliphatic rings. The summed E-state index contributed by atoms with van der Waals surface area (Å²) in [6.07, 6.45) is 1.83. The third-order valence-corrected chi connectivity index (χ3v) is 3.67. The lowest BCUT2D eigenvalue weighted by atomic mass is 10.1. The second kappa shape index (κ2) is 11.4. The number of hydrogen-bond donors (Lipinski definition) is 4. The number of benzene rings is 2. The summed E-state index contributed by atoms with van der Waals surface area (Å²) < 4.78 is 0. The Morgan fingerprint density at radius 2 is 1.33 bits per heavy atom. The van der Waals surface area contributed by atoms with Crippen LogP contribution in [0.5, 0.6) is 11.5 Å². The topological polar surface area (TPSA) is 113 Å². The number of nitrogens with one attached hydrogen (secondary N) is 1. The molecule has 0 bridgehead atoms. The highest BCUT2D eigenvalue weighted by Crippen LogP contribution is 2.11. The van der Waals surface area contributed by atoms with Crippen LogP contribution in [0.15, 0.2) is 60.7 Å². The van der Waals surface area contributed by atoms with E-state index in [0.29, 0.717) is 25.0 Å². The van der Waals surface area contributed by atoms with Gasteiger partial charge in [0.1, 0.15) is 11.5 Å². The van der Waals surface area contributed by atoms with Gasteiger partial charge in [0.25, 0.3) is 0 Å². The van der Waals surface area contributed by atoms with Crippen molar-refractivity contribution in [1.82, 2.24) is 5.32 Å². The van der Waals surface area contributed by atoms with Gasteiger partial charge in [0, 0.05) is 18.5 Å². The summed E-state index contributed by atoms with van der Waals surface area (Å²) in [6.45, 7) is 5.43. The van der Waals surface area contributed by atoms with Crippen LogP contribution in [-0.4, -0.2) is 28.6 Å². The normalized spacial score (nSPS) is 9.67. The second-order valence-electron chi connectivity index (χ2n) is 6.08. The van der Waals surface area contributed by atoms with Gasteiger partial charge in [-0.05, 0) is 55.2 Å². The van der Waals surface area contributed by atoms with Crippen LogP contribution in [0.4, 0.5) is 0 Å². The molecular formula is C21H26N2O4. The van der Waals surface area contributed by atoms with Gasteiger partial charge in [0.2, 0.25) is 11.8 Å². The van der Waals surface area contributed by atoms with Crippen LogP contribution >= 0.6 is 0 Å². The lowest BCUT2D eigenvalue weighted by Crippen LogP contribution is -2.25. The average molecular weight is 370 g/mol. The maximum Gasteiger partial charge on any atom is 0.243 e. The number of rotatable bonds is 7. The van der Waals surface area contributed by atoms with Crippen molar-refractivity contribution in [3.63, 3.8) is 0 Å². The summed E-state index contributed by atoms with van der Waals surface area (Å²) in [5, 5.41) is 21.2. The summed E-state index contributed by atoms with van der Waals surface area (Å²) in [5.74, 6) is 0.0608. The third-order valence-electron chi connectivity index (χ3n) is 3.67. The minimum absolute atomic E-state index is 0.0156. The summed E-state index contributed by atoms with van der Waals surface area (Å²) in [5.41, 5.74) is 7.20. The molecule has 5 N–H and O–H groups in total. The van der Waals surface area contributed by atoms with Crippen LogP contribution in [0.3, 0.4) is 0 Å². The first-order valence-corrected chi connectivity index (χ1v) is 8.55. The van der Waals surface area contributed by atoms with Gasteiger partial charge in [-0.1, -0.05) is 30.8 Å². The van der Waals surface area contributed by atoms with Gasteiger partial charge in [0.15, 0.2) is 0 Å². The summed E-state index contributed by atoms with van der Waals surface area (Å²) >= 11 is 0. The molecule has 0 spiro atoms. The van der Waals surface area contributed by atoms with Gasteiger partial charge >= 0.3 is 0 Å². The third kappa shape index (κ3) is 9.69. The highest BCUT2D eigenvalue weighted by Gasteiger charge is 2.02. The summed E-state index contributed by atoms with van der Waals surface area (Å²) in [7, 11) is 0. The number of primary amides is 1. The molecule has 6 heteroatoms. The quantitative estimate of drug-likeness (QED) is 0.561. The van der Waals surface area contributed by atoms with E-state index in [9.17, 15) is 19.8 Å². The van der Waals surface area contributed by atoms with Crippen LogP contribution < -0.4 is 11.1 Å². The zero-order chi connectivity index (χ0) is 20.2. The van der Waals surface area contributed by atoms with E-state index in [1.54, 1.807) is 31.2 Å². The van der Waals surface area contributed by atoms with Crippen molar-refractivity contribution < 1.29 is 19.8 Å². The molecule has 2 aromatic carbocycles. The minimum atomic E-state index is -0.435. The first kappa shape index (κ1) is 21.8. The molecule has 0 aliphatic carbocycles. The maximum atomic E-state index is 11.7. The van der Waals surface area contributed by atoms with E-state index in [0.717, 1.165) is 17.5 Å². The molecule has 27 heavy (non-hydrogen) atoms. The molecule has 0 unspecified atom stereocenters. The molecule has 0 radical (unpaired) electrons. The zero-order valence-electron chi connectivity index (χ0n) is 15.4. The van der Waals surface area contributed by atoms with Gasteiger partial charge in [-0.2, -0.15) is 0 Å². The highest BCUT2D eigenvalue weighted by molar-refractivity contribution is 5.90. The Labute approximate surface area is 159 Å².